The van der Waals surface area contributed by atoms with Crippen molar-refractivity contribution >= 4 is 28.6 Å². The maximum atomic E-state index is 12.3. The quantitative estimate of drug-likeness (QED) is 0.325. The Hall–Kier alpha value is -1.33. The Labute approximate surface area is 199 Å². The summed E-state index contributed by atoms with van der Waals surface area (Å²) in [6.45, 7) is 6.36. The number of rotatable bonds is 12. The number of allylic oxidation sites excluding steroid dienone is 2. The maximum absolute atomic E-state index is 12.3. The third kappa shape index (κ3) is 6.84. The van der Waals surface area contributed by atoms with Crippen LogP contribution in [0.15, 0.2) is 12.1 Å². The average molecular weight is 462 g/mol. The summed E-state index contributed by atoms with van der Waals surface area (Å²) >= 11 is 1.49. The number of thiophene rings is 1. The molecule has 0 saturated heterocycles. The highest BCUT2D eigenvalue weighted by molar-refractivity contribution is 7.15. The van der Waals surface area contributed by atoms with Crippen LogP contribution in [0.1, 0.15) is 105 Å². The topological polar surface area (TPSA) is 49.8 Å². The molecular weight excluding hydrogens is 418 g/mol. The highest BCUT2D eigenvalue weighted by Gasteiger charge is 2.30. The zero-order chi connectivity index (χ0) is 22.9. The molecule has 0 aliphatic heterocycles. The standard InChI is InChI=1S/C27H43NO3S/c1-4-9-23(12-8-17-31-3)28(19-21-15-13-20(2)14-16-21)24-18-25(32-26(24)27(29)30)22-10-6-5-7-11-22/h10,18,20-21,23H,4-9,11-17,19H2,1-3H3,(H,29,30). The first-order valence-corrected chi connectivity index (χ1v) is 13.7. The van der Waals surface area contributed by atoms with E-state index in [0.717, 1.165) is 63.3 Å². The normalized spacial score (nSPS) is 22.4. The van der Waals surface area contributed by atoms with Crippen molar-refractivity contribution in [3.8, 4) is 0 Å². The molecule has 1 aromatic heterocycles. The maximum Gasteiger partial charge on any atom is 0.348 e. The van der Waals surface area contributed by atoms with Crippen molar-refractivity contribution in [3.05, 3.63) is 21.9 Å². The molecule has 1 saturated carbocycles. The number of aromatic carboxylic acids is 1. The highest BCUT2D eigenvalue weighted by atomic mass is 32.1. The molecular formula is C27H43NO3S. The Kier molecular flexibility index (Phi) is 10.1. The Bertz CT molecular complexity index is 748. The highest BCUT2D eigenvalue weighted by Crippen LogP contribution is 2.40. The van der Waals surface area contributed by atoms with Gasteiger partial charge in [-0.1, -0.05) is 39.2 Å². The minimum atomic E-state index is -0.776. The van der Waals surface area contributed by atoms with Gasteiger partial charge in [-0.3, -0.25) is 0 Å². The zero-order valence-corrected chi connectivity index (χ0v) is 21.2. The molecule has 180 valence electrons. The fourth-order valence-electron chi connectivity index (χ4n) is 5.45. The second-order valence-electron chi connectivity index (χ2n) is 9.96. The second kappa shape index (κ2) is 12.8. The van der Waals surface area contributed by atoms with Gasteiger partial charge in [-0.25, -0.2) is 4.79 Å². The van der Waals surface area contributed by atoms with Crippen LogP contribution in [0, 0.1) is 11.8 Å². The van der Waals surface area contributed by atoms with Crippen molar-refractivity contribution in [1.29, 1.82) is 0 Å². The summed E-state index contributed by atoms with van der Waals surface area (Å²) in [5, 5.41) is 10.1. The number of anilines is 1. The van der Waals surface area contributed by atoms with E-state index in [1.54, 1.807) is 7.11 Å². The lowest BCUT2D eigenvalue weighted by molar-refractivity contribution is 0.0702. The van der Waals surface area contributed by atoms with Gasteiger partial charge in [-0.05, 0) is 81.3 Å². The predicted molar refractivity (Wildman–Crippen MR) is 136 cm³/mol. The van der Waals surface area contributed by atoms with Crippen molar-refractivity contribution in [3.63, 3.8) is 0 Å². The SMILES string of the molecule is CCCC(CCCOC)N(CC1CCC(C)CC1)c1cc(C2=CCCCC2)sc1C(=O)O. The first-order chi connectivity index (χ1) is 15.5. The van der Waals surface area contributed by atoms with Crippen LogP contribution in [0.5, 0.6) is 0 Å². The minimum Gasteiger partial charge on any atom is -0.477 e. The number of ether oxygens (including phenoxy) is 1. The fraction of sp³-hybridized carbons (Fsp3) is 0.741. The summed E-state index contributed by atoms with van der Waals surface area (Å²) in [5.41, 5.74) is 2.33. The number of carboxylic acid groups (broad SMARTS) is 1. The number of hydrogen-bond acceptors (Lipinski definition) is 4. The molecule has 4 nitrogen and oxygen atoms in total. The Morgan fingerprint density at radius 1 is 1.25 bits per heavy atom. The zero-order valence-electron chi connectivity index (χ0n) is 20.4. The monoisotopic (exact) mass is 461 g/mol. The smallest absolute Gasteiger partial charge is 0.348 e. The van der Waals surface area contributed by atoms with Crippen LogP contribution in [-0.4, -0.2) is 37.4 Å². The van der Waals surface area contributed by atoms with Crippen LogP contribution in [0.3, 0.4) is 0 Å². The molecule has 0 amide bonds. The molecule has 5 heteroatoms. The molecule has 1 unspecified atom stereocenters. The van der Waals surface area contributed by atoms with E-state index in [-0.39, 0.29) is 0 Å². The minimum absolute atomic E-state index is 0.371. The van der Waals surface area contributed by atoms with Crippen LogP contribution in [0.2, 0.25) is 0 Å². The molecule has 1 aromatic rings. The van der Waals surface area contributed by atoms with Crippen molar-refractivity contribution in [2.24, 2.45) is 11.8 Å². The largest absolute Gasteiger partial charge is 0.477 e. The molecule has 0 aromatic carbocycles. The first-order valence-electron chi connectivity index (χ1n) is 12.9. The van der Waals surface area contributed by atoms with Crippen molar-refractivity contribution in [2.75, 3.05) is 25.2 Å². The number of carboxylic acids is 1. The predicted octanol–water partition coefficient (Wildman–Crippen LogP) is 7.63. The molecule has 0 radical (unpaired) electrons. The number of carbonyl (C=O) groups is 1. The van der Waals surface area contributed by atoms with E-state index in [9.17, 15) is 9.90 Å². The summed E-state index contributed by atoms with van der Waals surface area (Å²) < 4.78 is 5.34. The lowest BCUT2D eigenvalue weighted by Gasteiger charge is -2.38. The van der Waals surface area contributed by atoms with Gasteiger partial charge in [0, 0.05) is 31.2 Å². The van der Waals surface area contributed by atoms with Crippen molar-refractivity contribution in [2.45, 2.75) is 96.9 Å². The number of hydrogen-bond donors (Lipinski definition) is 1. The Balaban J connectivity index is 1.93. The van der Waals surface area contributed by atoms with Gasteiger partial charge in [-0.2, -0.15) is 0 Å². The average Bonchev–Trinajstić information content (AvgIpc) is 3.25. The van der Waals surface area contributed by atoms with Crippen molar-refractivity contribution < 1.29 is 14.6 Å². The van der Waals surface area contributed by atoms with E-state index in [0.29, 0.717) is 16.8 Å². The van der Waals surface area contributed by atoms with Gasteiger partial charge in [0.15, 0.2) is 0 Å². The lowest BCUT2D eigenvalue weighted by atomic mass is 9.82. The van der Waals surface area contributed by atoms with Gasteiger partial charge in [-0.15, -0.1) is 11.3 Å². The van der Waals surface area contributed by atoms with Crippen LogP contribution >= 0.6 is 11.3 Å². The second-order valence-corrected chi connectivity index (χ2v) is 11.0. The molecule has 1 N–H and O–H groups in total. The summed E-state index contributed by atoms with van der Waals surface area (Å²) in [7, 11) is 1.77. The molecule has 2 aliphatic rings. The van der Waals surface area contributed by atoms with Gasteiger partial charge < -0.3 is 14.7 Å². The molecule has 0 spiro atoms. The van der Waals surface area contributed by atoms with Crippen LogP contribution in [0.4, 0.5) is 5.69 Å². The van der Waals surface area contributed by atoms with Gasteiger partial charge in [0.05, 0.1) is 5.69 Å². The molecule has 1 heterocycles. The lowest BCUT2D eigenvalue weighted by Crippen LogP contribution is -2.40. The Morgan fingerprint density at radius 2 is 2.03 bits per heavy atom. The van der Waals surface area contributed by atoms with Gasteiger partial charge in [0.2, 0.25) is 0 Å². The molecule has 1 fully saturated rings. The van der Waals surface area contributed by atoms with E-state index in [4.69, 9.17) is 4.74 Å². The molecule has 3 rings (SSSR count). The molecule has 2 aliphatic carbocycles. The summed E-state index contributed by atoms with van der Waals surface area (Å²) in [5.74, 6) is 0.711. The van der Waals surface area contributed by atoms with Crippen LogP contribution in [0.25, 0.3) is 5.57 Å². The van der Waals surface area contributed by atoms with E-state index in [2.05, 4.69) is 30.9 Å². The number of methoxy groups -OCH3 is 1. The van der Waals surface area contributed by atoms with Crippen molar-refractivity contribution in [1.82, 2.24) is 0 Å². The van der Waals surface area contributed by atoms with Crippen LogP contribution in [-0.2, 0) is 4.74 Å². The summed E-state index contributed by atoms with van der Waals surface area (Å²) in [4.78, 5) is 16.6. The Morgan fingerprint density at radius 3 is 2.66 bits per heavy atom. The third-order valence-corrected chi connectivity index (χ3v) is 8.55. The van der Waals surface area contributed by atoms with E-state index < -0.39 is 5.97 Å². The summed E-state index contributed by atoms with van der Waals surface area (Å²) in [6, 6.07) is 2.59. The fourth-order valence-corrected chi connectivity index (χ4v) is 6.53. The van der Waals surface area contributed by atoms with E-state index in [1.165, 1.54) is 60.3 Å². The first kappa shape index (κ1) is 25.3. The summed E-state index contributed by atoms with van der Waals surface area (Å²) in [6.07, 6.45) is 16.4. The molecule has 32 heavy (non-hydrogen) atoms. The van der Waals surface area contributed by atoms with Gasteiger partial charge in [0.25, 0.3) is 0 Å². The van der Waals surface area contributed by atoms with E-state index in [1.807, 2.05) is 0 Å². The number of nitrogens with zero attached hydrogens (tertiary/aromatic N) is 1. The van der Waals surface area contributed by atoms with E-state index >= 15 is 0 Å². The van der Waals surface area contributed by atoms with Gasteiger partial charge >= 0.3 is 5.97 Å². The molecule has 0 bridgehead atoms. The van der Waals surface area contributed by atoms with Crippen LogP contribution < -0.4 is 4.90 Å². The molecule has 1 atom stereocenters. The third-order valence-electron chi connectivity index (χ3n) is 7.36. The van der Waals surface area contributed by atoms with Gasteiger partial charge in [0.1, 0.15) is 4.88 Å².